The van der Waals surface area contributed by atoms with Gasteiger partial charge in [0, 0.05) is 25.2 Å². The summed E-state index contributed by atoms with van der Waals surface area (Å²) in [4.78, 5) is 36.9. The molecule has 1 saturated carbocycles. The zero-order valence-electron chi connectivity index (χ0n) is 22.1. The van der Waals surface area contributed by atoms with E-state index in [2.05, 4.69) is 18.3 Å². The molecular weight excluding hydrogens is 454 g/mol. The smallest absolute Gasteiger partial charge is 0.328 e. The molecule has 6 heteroatoms. The molecule has 1 aromatic carbocycles. The molecule has 36 heavy (non-hydrogen) atoms. The number of allylic oxidation sites excluding steroid dienone is 1. The van der Waals surface area contributed by atoms with Gasteiger partial charge >= 0.3 is 5.97 Å². The number of Topliss-reactive ketones (excluding diaryl/α,β-unsaturated/α-hetero) is 1. The summed E-state index contributed by atoms with van der Waals surface area (Å²) in [5.41, 5.74) is 0.966. The highest BCUT2D eigenvalue weighted by Gasteiger charge is 2.32. The summed E-state index contributed by atoms with van der Waals surface area (Å²) in [6.07, 6.45) is 14.4. The number of hydrogen-bond donors (Lipinski definition) is 2. The number of carbonyl (C=O) groups is 3. The second kappa shape index (κ2) is 17.1. The first kappa shape index (κ1) is 29.8. The van der Waals surface area contributed by atoms with E-state index in [0.29, 0.717) is 25.0 Å². The minimum Gasteiger partial charge on any atom is -0.467 e. The fourth-order valence-corrected chi connectivity index (χ4v) is 4.97. The molecule has 200 valence electrons. The van der Waals surface area contributed by atoms with E-state index in [1.807, 2.05) is 36.4 Å². The topological polar surface area (TPSA) is 92.7 Å². The maximum absolute atomic E-state index is 12.4. The number of hydrogen-bond acceptors (Lipinski definition) is 5. The SMILES string of the molecule is CCCCC[C@H](O)/C=C/[C@H]1CCC(=O)[C@@H]1CCCCCCC(=O)NC(Cc1ccccc1)C(=O)OC. The Hall–Kier alpha value is -2.47. The van der Waals surface area contributed by atoms with E-state index in [0.717, 1.165) is 69.8 Å². The van der Waals surface area contributed by atoms with Crippen molar-refractivity contribution in [3.63, 3.8) is 0 Å². The van der Waals surface area contributed by atoms with E-state index >= 15 is 0 Å². The van der Waals surface area contributed by atoms with Gasteiger partial charge in [-0.3, -0.25) is 9.59 Å². The van der Waals surface area contributed by atoms with Crippen LogP contribution in [0.15, 0.2) is 42.5 Å². The van der Waals surface area contributed by atoms with Crippen LogP contribution in [-0.2, 0) is 25.5 Å². The van der Waals surface area contributed by atoms with Crippen molar-refractivity contribution in [2.75, 3.05) is 7.11 Å². The Balaban J connectivity index is 1.66. The minimum atomic E-state index is -0.687. The Morgan fingerprint density at radius 3 is 2.58 bits per heavy atom. The molecule has 1 aliphatic carbocycles. The van der Waals surface area contributed by atoms with Crippen LogP contribution >= 0.6 is 0 Å². The highest BCUT2D eigenvalue weighted by atomic mass is 16.5. The lowest BCUT2D eigenvalue weighted by atomic mass is 9.89. The molecule has 1 amide bonds. The van der Waals surface area contributed by atoms with Gasteiger partial charge in [-0.05, 0) is 37.2 Å². The molecule has 1 fully saturated rings. The molecule has 0 spiro atoms. The number of aliphatic hydroxyl groups excluding tert-OH is 1. The average Bonchev–Trinajstić information content (AvgIpc) is 3.23. The summed E-state index contributed by atoms with van der Waals surface area (Å²) in [5, 5.41) is 13.0. The van der Waals surface area contributed by atoms with Gasteiger partial charge in [-0.15, -0.1) is 0 Å². The summed E-state index contributed by atoms with van der Waals surface area (Å²) in [5.74, 6) is 0.0624. The van der Waals surface area contributed by atoms with Crippen molar-refractivity contribution >= 4 is 17.7 Å². The van der Waals surface area contributed by atoms with Crippen molar-refractivity contribution in [2.45, 2.75) is 103 Å². The second-order valence-corrected chi connectivity index (χ2v) is 10.0. The number of aliphatic hydroxyl groups is 1. The lowest BCUT2D eigenvalue weighted by Gasteiger charge is -2.17. The van der Waals surface area contributed by atoms with Gasteiger partial charge in [0.1, 0.15) is 11.8 Å². The molecule has 0 radical (unpaired) electrons. The van der Waals surface area contributed by atoms with Gasteiger partial charge < -0.3 is 15.2 Å². The first-order valence-electron chi connectivity index (χ1n) is 13.7. The molecule has 4 atom stereocenters. The van der Waals surface area contributed by atoms with E-state index < -0.39 is 18.1 Å². The van der Waals surface area contributed by atoms with E-state index in [-0.39, 0.29) is 17.7 Å². The highest BCUT2D eigenvalue weighted by molar-refractivity contribution is 5.84. The van der Waals surface area contributed by atoms with Crippen molar-refractivity contribution in [2.24, 2.45) is 11.8 Å². The van der Waals surface area contributed by atoms with E-state index in [4.69, 9.17) is 4.74 Å². The Labute approximate surface area is 216 Å². The number of unbranched alkanes of at least 4 members (excludes halogenated alkanes) is 5. The number of methoxy groups -OCH3 is 1. The van der Waals surface area contributed by atoms with Crippen LogP contribution in [0, 0.1) is 11.8 Å². The number of carbonyl (C=O) groups excluding carboxylic acids is 3. The number of nitrogens with one attached hydrogen (secondary N) is 1. The van der Waals surface area contributed by atoms with E-state index in [1.165, 1.54) is 7.11 Å². The lowest BCUT2D eigenvalue weighted by Crippen LogP contribution is -2.43. The first-order valence-corrected chi connectivity index (χ1v) is 13.7. The highest BCUT2D eigenvalue weighted by Crippen LogP contribution is 2.34. The molecule has 0 aromatic heterocycles. The van der Waals surface area contributed by atoms with E-state index in [1.54, 1.807) is 0 Å². The Kier molecular flexibility index (Phi) is 14.1. The van der Waals surface area contributed by atoms with Crippen molar-refractivity contribution in [1.82, 2.24) is 5.32 Å². The summed E-state index contributed by atoms with van der Waals surface area (Å²) in [6.45, 7) is 2.15. The van der Waals surface area contributed by atoms with Gasteiger partial charge in [0.25, 0.3) is 0 Å². The van der Waals surface area contributed by atoms with Crippen molar-refractivity contribution in [3.05, 3.63) is 48.0 Å². The van der Waals surface area contributed by atoms with Gasteiger partial charge in [-0.25, -0.2) is 4.79 Å². The van der Waals surface area contributed by atoms with Gasteiger partial charge in [-0.1, -0.05) is 87.9 Å². The molecule has 0 aliphatic heterocycles. The third kappa shape index (κ3) is 11.1. The summed E-state index contributed by atoms with van der Waals surface area (Å²) < 4.78 is 4.86. The van der Waals surface area contributed by atoms with Crippen molar-refractivity contribution < 1.29 is 24.2 Å². The van der Waals surface area contributed by atoms with Crippen LogP contribution in [-0.4, -0.2) is 42.0 Å². The summed E-state index contributed by atoms with van der Waals surface area (Å²) in [7, 11) is 1.33. The van der Waals surface area contributed by atoms with Gasteiger partial charge in [0.15, 0.2) is 0 Å². The maximum atomic E-state index is 12.4. The molecule has 1 aliphatic rings. The largest absolute Gasteiger partial charge is 0.467 e. The summed E-state index contributed by atoms with van der Waals surface area (Å²) in [6, 6.07) is 8.88. The molecule has 0 heterocycles. The van der Waals surface area contributed by atoms with Crippen LogP contribution in [0.5, 0.6) is 0 Å². The Morgan fingerprint density at radius 1 is 1.11 bits per heavy atom. The van der Waals surface area contributed by atoms with E-state index in [9.17, 15) is 19.5 Å². The number of ketones is 1. The number of benzene rings is 1. The molecule has 1 aromatic rings. The zero-order valence-corrected chi connectivity index (χ0v) is 22.1. The Bertz CT molecular complexity index is 822. The van der Waals surface area contributed by atoms with Crippen LogP contribution in [0.25, 0.3) is 0 Å². The number of rotatable bonds is 17. The average molecular weight is 500 g/mol. The monoisotopic (exact) mass is 499 g/mol. The predicted octanol–water partition coefficient (Wildman–Crippen LogP) is 5.32. The molecule has 1 unspecified atom stereocenters. The third-order valence-corrected chi connectivity index (χ3v) is 7.11. The molecule has 6 nitrogen and oxygen atoms in total. The van der Waals surface area contributed by atoms with Crippen LogP contribution in [0.1, 0.15) is 89.5 Å². The minimum absolute atomic E-state index is 0.0613. The third-order valence-electron chi connectivity index (χ3n) is 7.11. The number of esters is 1. The van der Waals surface area contributed by atoms with Crippen LogP contribution in [0.2, 0.25) is 0 Å². The normalized spacial score (nSPS) is 19.4. The van der Waals surface area contributed by atoms with Crippen LogP contribution < -0.4 is 5.32 Å². The van der Waals surface area contributed by atoms with Crippen molar-refractivity contribution in [3.8, 4) is 0 Å². The van der Waals surface area contributed by atoms with Gasteiger partial charge in [-0.2, -0.15) is 0 Å². The maximum Gasteiger partial charge on any atom is 0.328 e. The molecule has 0 saturated heterocycles. The zero-order chi connectivity index (χ0) is 26.2. The van der Waals surface area contributed by atoms with Crippen LogP contribution in [0.4, 0.5) is 0 Å². The van der Waals surface area contributed by atoms with Crippen LogP contribution in [0.3, 0.4) is 0 Å². The van der Waals surface area contributed by atoms with Gasteiger partial charge in [0.05, 0.1) is 13.2 Å². The number of ether oxygens (including phenoxy) is 1. The quantitative estimate of drug-likeness (QED) is 0.172. The predicted molar refractivity (Wildman–Crippen MR) is 142 cm³/mol. The van der Waals surface area contributed by atoms with Gasteiger partial charge in [0.2, 0.25) is 5.91 Å². The molecule has 2 N–H and O–H groups in total. The first-order chi connectivity index (χ1) is 17.4. The summed E-state index contributed by atoms with van der Waals surface area (Å²) >= 11 is 0. The fraction of sp³-hybridized carbons (Fsp3) is 0.633. The fourth-order valence-electron chi connectivity index (χ4n) is 4.97. The standard InChI is InChI=1S/C30H45NO5/c1-3-4-8-15-25(32)20-18-24-19-21-28(33)26(24)16-11-5-6-12-17-29(34)31-27(30(35)36-2)22-23-13-9-7-10-14-23/h7,9-10,13-14,18,20,24-27,32H,3-6,8,11-12,15-17,19,21-22H2,1-2H3,(H,31,34)/b20-18+/t24-,25-,26+,27?/m0/s1. The molecular formula is C30H45NO5. The number of amides is 1. The lowest BCUT2D eigenvalue weighted by molar-refractivity contribution is -0.145. The van der Waals surface area contributed by atoms with Crippen molar-refractivity contribution in [1.29, 1.82) is 0 Å². The Morgan fingerprint density at radius 2 is 1.86 bits per heavy atom. The molecule has 0 bridgehead atoms. The second-order valence-electron chi connectivity index (χ2n) is 10.0. The molecule has 2 rings (SSSR count).